The molecule has 1 heterocycles. The quantitative estimate of drug-likeness (QED) is 0.199. The highest BCUT2D eigenvalue weighted by Crippen LogP contribution is 2.39. The maximum atomic E-state index is 13.9. The molecule has 0 fully saturated rings. The van der Waals surface area contributed by atoms with Crippen molar-refractivity contribution in [2.45, 2.75) is 12.8 Å². The van der Waals surface area contributed by atoms with Crippen LogP contribution in [0.4, 0.5) is 13.2 Å². The predicted octanol–water partition coefficient (Wildman–Crippen LogP) is 9.30. The Morgan fingerprint density at radius 1 is 0.811 bits per heavy atom. The molecule has 0 saturated heterocycles. The van der Waals surface area contributed by atoms with Gasteiger partial charge in [0.15, 0.2) is 0 Å². The molecule has 0 N–H and O–H groups in total. The van der Waals surface area contributed by atoms with Gasteiger partial charge in [0.05, 0.1) is 15.4 Å². The van der Waals surface area contributed by atoms with E-state index in [1.54, 1.807) is 30.3 Å². The highest BCUT2D eigenvalue weighted by atomic mass is 35.5. The molecule has 1 aromatic heterocycles. The molecule has 0 aliphatic carbocycles. The van der Waals surface area contributed by atoms with E-state index in [2.05, 4.69) is 0 Å². The molecule has 0 aliphatic rings. The van der Waals surface area contributed by atoms with Gasteiger partial charge in [-0.25, -0.2) is 0 Å². The molecule has 4 nitrogen and oxygen atoms in total. The predicted molar refractivity (Wildman–Crippen MR) is 137 cm³/mol. The zero-order valence-electron chi connectivity index (χ0n) is 18.5. The van der Waals surface area contributed by atoms with Crippen molar-refractivity contribution in [3.63, 3.8) is 0 Å². The van der Waals surface area contributed by atoms with E-state index in [0.717, 1.165) is 10.8 Å². The molecule has 0 aliphatic heterocycles. The first-order valence-electron chi connectivity index (χ1n) is 10.7. The van der Waals surface area contributed by atoms with Gasteiger partial charge in [-0.1, -0.05) is 65.1 Å². The molecule has 10 heteroatoms. The molecule has 188 valence electrons. The van der Waals surface area contributed by atoms with Crippen LogP contribution in [-0.2, 0) is 12.8 Å². The van der Waals surface area contributed by atoms with E-state index in [1.807, 2.05) is 12.1 Å². The lowest BCUT2D eigenvalue weighted by Crippen LogP contribution is -2.15. The van der Waals surface area contributed by atoms with Crippen LogP contribution in [0.1, 0.15) is 11.3 Å². The van der Waals surface area contributed by atoms with E-state index >= 15 is 0 Å². The molecular weight excluding hydrogens is 552 g/mol. The van der Waals surface area contributed by atoms with Crippen molar-refractivity contribution in [1.82, 2.24) is 0 Å². The summed E-state index contributed by atoms with van der Waals surface area (Å²) >= 11 is 18.3. The van der Waals surface area contributed by atoms with Crippen molar-refractivity contribution < 1.29 is 27.1 Å². The third-order valence-electron chi connectivity index (χ3n) is 5.54. The van der Waals surface area contributed by atoms with Crippen molar-refractivity contribution in [2.24, 2.45) is 0 Å². The Balaban J connectivity index is 1.53. The van der Waals surface area contributed by atoms with Crippen LogP contribution in [0.5, 0.6) is 17.2 Å². The van der Waals surface area contributed by atoms with Gasteiger partial charge in [-0.2, -0.15) is 13.2 Å². The van der Waals surface area contributed by atoms with E-state index in [-0.39, 0.29) is 39.1 Å². The largest absolute Gasteiger partial charge is 0.489 e. The first kappa shape index (κ1) is 25.3. The van der Waals surface area contributed by atoms with Crippen LogP contribution in [0.15, 0.2) is 82.0 Å². The van der Waals surface area contributed by atoms with Crippen LogP contribution in [0.3, 0.4) is 0 Å². The Hall–Kier alpha value is -3.39. The van der Waals surface area contributed by atoms with Crippen LogP contribution in [0.25, 0.3) is 21.7 Å². The van der Waals surface area contributed by atoms with Gasteiger partial charge >= 0.3 is 6.18 Å². The number of halogens is 6. The van der Waals surface area contributed by atoms with Crippen LogP contribution >= 0.6 is 34.8 Å². The van der Waals surface area contributed by atoms with Gasteiger partial charge in [-0.05, 0) is 47.2 Å². The minimum atomic E-state index is -5.00. The Bertz CT molecular complexity index is 1710. The van der Waals surface area contributed by atoms with Gasteiger partial charge in [0.2, 0.25) is 11.2 Å². The molecule has 0 radical (unpaired) electrons. The molecule has 0 spiro atoms. The summed E-state index contributed by atoms with van der Waals surface area (Å²) in [5, 5.41) is 2.25. The highest BCUT2D eigenvalue weighted by Gasteiger charge is 2.40. The number of fused-ring (bicyclic) bond motifs is 2. The smallest absolute Gasteiger partial charge is 0.453 e. The monoisotopic (exact) mass is 564 g/mol. The standard InChI is InChI=1S/C27H14Cl3F3O4/c28-20-9-10-21(29)23(30)19(20)13-35-16-7-8-18-22(12-16)37-26(27(31,32)33)25(24(18)34)36-17-6-5-14-3-1-2-4-15(14)11-17/h1-12H,13H2. The summed E-state index contributed by atoms with van der Waals surface area (Å²) in [5.74, 6) is -2.33. The molecule has 5 rings (SSSR count). The maximum absolute atomic E-state index is 13.9. The molecule has 37 heavy (non-hydrogen) atoms. The molecule has 0 atom stereocenters. The summed E-state index contributed by atoms with van der Waals surface area (Å²) < 4.78 is 58.0. The zero-order chi connectivity index (χ0) is 26.3. The second-order valence-electron chi connectivity index (χ2n) is 7.97. The minimum absolute atomic E-state index is 0.0612. The first-order valence-corrected chi connectivity index (χ1v) is 11.8. The SMILES string of the molecule is O=c1c(Oc2ccc3ccccc3c2)c(C(F)(F)F)oc2cc(OCc3c(Cl)ccc(Cl)c3Cl)ccc12. The number of ether oxygens (including phenoxy) is 2. The lowest BCUT2D eigenvalue weighted by molar-refractivity contribution is -0.154. The summed E-state index contributed by atoms with van der Waals surface area (Å²) in [7, 11) is 0. The van der Waals surface area contributed by atoms with Gasteiger partial charge in [0.1, 0.15) is 23.7 Å². The molecule has 4 aromatic carbocycles. The molecule has 0 amide bonds. The Morgan fingerprint density at radius 3 is 2.27 bits per heavy atom. The van der Waals surface area contributed by atoms with Crippen molar-refractivity contribution in [1.29, 1.82) is 0 Å². The van der Waals surface area contributed by atoms with E-state index in [0.29, 0.717) is 10.6 Å². The number of hydrogen-bond donors (Lipinski definition) is 0. The fraction of sp³-hybridized carbons (Fsp3) is 0.0741. The van der Waals surface area contributed by atoms with Crippen molar-refractivity contribution in [2.75, 3.05) is 0 Å². The van der Waals surface area contributed by atoms with Gasteiger partial charge < -0.3 is 13.9 Å². The fourth-order valence-corrected chi connectivity index (χ4v) is 4.39. The third kappa shape index (κ3) is 5.07. The number of benzene rings is 4. The molecule has 5 aromatic rings. The summed E-state index contributed by atoms with van der Waals surface area (Å²) in [6.45, 7) is -0.122. The van der Waals surface area contributed by atoms with E-state index in [9.17, 15) is 18.0 Å². The first-order chi connectivity index (χ1) is 17.6. The molecule has 0 unspecified atom stereocenters. The maximum Gasteiger partial charge on any atom is 0.453 e. The molecule has 0 saturated carbocycles. The summed E-state index contributed by atoms with van der Waals surface area (Å²) in [4.78, 5) is 13.1. The number of alkyl halides is 3. The number of hydrogen-bond acceptors (Lipinski definition) is 4. The lowest BCUT2D eigenvalue weighted by atomic mass is 10.1. The van der Waals surface area contributed by atoms with Crippen LogP contribution in [-0.4, -0.2) is 0 Å². The average molecular weight is 566 g/mol. The number of rotatable bonds is 5. The molecular formula is C27H14Cl3F3O4. The van der Waals surface area contributed by atoms with Crippen molar-refractivity contribution >= 4 is 56.5 Å². The van der Waals surface area contributed by atoms with Gasteiger partial charge in [-0.15, -0.1) is 0 Å². The Labute approximate surface area is 222 Å². The summed E-state index contributed by atoms with van der Waals surface area (Å²) in [5.41, 5.74) is -0.911. The van der Waals surface area contributed by atoms with Gasteiger partial charge in [0, 0.05) is 16.7 Å². The Morgan fingerprint density at radius 2 is 1.51 bits per heavy atom. The Kier molecular flexibility index (Phi) is 6.70. The highest BCUT2D eigenvalue weighted by molar-refractivity contribution is 6.44. The normalized spacial score (nSPS) is 11.7. The average Bonchev–Trinajstić information content (AvgIpc) is 2.87. The third-order valence-corrected chi connectivity index (χ3v) is 6.74. The van der Waals surface area contributed by atoms with Crippen molar-refractivity contribution in [3.05, 3.63) is 109 Å². The van der Waals surface area contributed by atoms with Gasteiger partial charge in [-0.3, -0.25) is 4.79 Å². The van der Waals surface area contributed by atoms with Crippen LogP contribution < -0.4 is 14.9 Å². The second kappa shape index (κ2) is 9.82. The second-order valence-corrected chi connectivity index (χ2v) is 9.16. The molecule has 0 bridgehead atoms. The topological polar surface area (TPSA) is 48.7 Å². The summed E-state index contributed by atoms with van der Waals surface area (Å²) in [6, 6.07) is 18.9. The van der Waals surface area contributed by atoms with E-state index < -0.39 is 23.1 Å². The lowest BCUT2D eigenvalue weighted by Gasteiger charge is -2.14. The van der Waals surface area contributed by atoms with Gasteiger partial charge in [0.25, 0.3) is 5.76 Å². The van der Waals surface area contributed by atoms with E-state index in [1.165, 1.54) is 30.3 Å². The van der Waals surface area contributed by atoms with Crippen LogP contribution in [0.2, 0.25) is 15.1 Å². The van der Waals surface area contributed by atoms with Crippen molar-refractivity contribution in [3.8, 4) is 17.2 Å². The fourth-order valence-electron chi connectivity index (χ4n) is 3.73. The van der Waals surface area contributed by atoms with E-state index in [4.69, 9.17) is 48.7 Å². The van der Waals surface area contributed by atoms with Crippen LogP contribution in [0, 0.1) is 0 Å². The zero-order valence-corrected chi connectivity index (χ0v) is 20.8. The minimum Gasteiger partial charge on any atom is -0.489 e. The summed E-state index contributed by atoms with van der Waals surface area (Å²) in [6.07, 6.45) is -5.00.